The van der Waals surface area contributed by atoms with E-state index in [4.69, 9.17) is 0 Å². The smallest absolute Gasteiger partial charge is 0.241 e. The molecule has 1 aliphatic carbocycles. The summed E-state index contributed by atoms with van der Waals surface area (Å²) in [6.45, 7) is 3.43. The Balaban J connectivity index is 1.87. The molecule has 1 unspecified atom stereocenters. The van der Waals surface area contributed by atoms with Gasteiger partial charge in [0.05, 0.1) is 10.9 Å². The molecular weight excluding hydrogens is 352 g/mol. The van der Waals surface area contributed by atoms with Gasteiger partial charge in [0, 0.05) is 12.1 Å². The Labute approximate surface area is 155 Å². The summed E-state index contributed by atoms with van der Waals surface area (Å²) >= 11 is 0. The number of hydrogen-bond donors (Lipinski definition) is 2. The van der Waals surface area contributed by atoms with E-state index in [-0.39, 0.29) is 16.6 Å². The Kier molecular flexibility index (Phi) is 7.11. The largest absolute Gasteiger partial charge is 0.354 e. The van der Waals surface area contributed by atoms with Crippen molar-refractivity contribution >= 4 is 21.7 Å². The number of rotatable bonds is 8. The first-order chi connectivity index (χ1) is 12.3. The molecule has 0 aromatic heterocycles. The van der Waals surface area contributed by atoms with E-state index in [1.54, 1.807) is 0 Å². The van der Waals surface area contributed by atoms with Crippen LogP contribution in [0.5, 0.6) is 0 Å². The summed E-state index contributed by atoms with van der Waals surface area (Å²) in [6, 6.07) is 4.75. The van der Waals surface area contributed by atoms with E-state index >= 15 is 0 Å². The van der Waals surface area contributed by atoms with E-state index in [0.29, 0.717) is 12.1 Å². The molecule has 0 saturated carbocycles. The second-order valence-electron chi connectivity index (χ2n) is 6.57. The number of carbonyl (C=O) groups is 2. The lowest BCUT2D eigenvalue weighted by atomic mass is 9.97. The first-order valence-corrected chi connectivity index (χ1v) is 10.4. The minimum absolute atomic E-state index is 0.0227. The maximum atomic E-state index is 12.4. The highest BCUT2D eigenvalue weighted by atomic mass is 32.2. The standard InChI is InChI=1S/C19H26N2O4S/c1-14(19(23)20-13-12-16-6-4-3-5-7-16)21-26(24,25)18-10-8-17(9-11-18)15(2)22/h6,8-11,14,21H,3-5,7,12-13H2,1-2H3,(H,20,23). The van der Waals surface area contributed by atoms with Gasteiger partial charge in [0.2, 0.25) is 15.9 Å². The average molecular weight is 378 g/mol. The van der Waals surface area contributed by atoms with Gasteiger partial charge in [-0.3, -0.25) is 9.59 Å². The van der Waals surface area contributed by atoms with E-state index in [9.17, 15) is 18.0 Å². The van der Waals surface area contributed by atoms with Crippen molar-refractivity contribution in [2.75, 3.05) is 6.54 Å². The monoisotopic (exact) mass is 378 g/mol. The molecule has 1 aliphatic rings. The third-order valence-corrected chi connectivity index (χ3v) is 5.98. The Morgan fingerprint density at radius 1 is 1.15 bits per heavy atom. The Morgan fingerprint density at radius 2 is 1.85 bits per heavy atom. The van der Waals surface area contributed by atoms with Crippen LogP contribution in [0.4, 0.5) is 0 Å². The summed E-state index contributed by atoms with van der Waals surface area (Å²) in [5, 5.41) is 2.78. The van der Waals surface area contributed by atoms with Gasteiger partial charge in [-0.05, 0) is 58.1 Å². The fourth-order valence-corrected chi connectivity index (χ4v) is 4.06. The zero-order valence-corrected chi connectivity index (χ0v) is 16.1. The number of hydrogen-bond acceptors (Lipinski definition) is 4. The number of sulfonamides is 1. The van der Waals surface area contributed by atoms with Crippen molar-refractivity contribution in [3.63, 3.8) is 0 Å². The highest BCUT2D eigenvalue weighted by Crippen LogP contribution is 2.19. The van der Waals surface area contributed by atoms with Crippen LogP contribution in [0.2, 0.25) is 0 Å². The van der Waals surface area contributed by atoms with Gasteiger partial charge < -0.3 is 5.32 Å². The van der Waals surface area contributed by atoms with Crippen LogP contribution in [0.25, 0.3) is 0 Å². The molecule has 26 heavy (non-hydrogen) atoms. The Bertz CT molecular complexity index is 782. The second kappa shape index (κ2) is 9.09. The van der Waals surface area contributed by atoms with Gasteiger partial charge in [0.25, 0.3) is 0 Å². The van der Waals surface area contributed by atoms with Crippen molar-refractivity contribution in [2.24, 2.45) is 0 Å². The molecule has 0 spiro atoms. The second-order valence-corrected chi connectivity index (χ2v) is 8.29. The van der Waals surface area contributed by atoms with Gasteiger partial charge in [-0.2, -0.15) is 4.72 Å². The molecule has 2 N–H and O–H groups in total. The molecule has 6 nitrogen and oxygen atoms in total. The third-order valence-electron chi connectivity index (χ3n) is 4.43. The van der Waals surface area contributed by atoms with Crippen molar-refractivity contribution in [1.29, 1.82) is 0 Å². The lowest BCUT2D eigenvalue weighted by Crippen LogP contribution is -2.45. The molecule has 1 aromatic carbocycles. The summed E-state index contributed by atoms with van der Waals surface area (Å²) < 4.78 is 27.1. The van der Waals surface area contributed by atoms with Crippen LogP contribution in [0.3, 0.4) is 0 Å². The van der Waals surface area contributed by atoms with Gasteiger partial charge in [0.15, 0.2) is 5.78 Å². The van der Waals surface area contributed by atoms with Gasteiger partial charge >= 0.3 is 0 Å². The number of Topliss-reactive ketones (excluding diaryl/α,β-unsaturated/α-hetero) is 1. The normalized spacial score (nSPS) is 15.8. The first-order valence-electron chi connectivity index (χ1n) is 8.88. The molecule has 1 amide bonds. The van der Waals surface area contributed by atoms with Crippen LogP contribution in [0.15, 0.2) is 40.8 Å². The highest BCUT2D eigenvalue weighted by Gasteiger charge is 2.22. The fourth-order valence-electron chi connectivity index (χ4n) is 2.85. The molecule has 0 heterocycles. The lowest BCUT2D eigenvalue weighted by molar-refractivity contribution is -0.122. The molecule has 0 aliphatic heterocycles. The molecule has 7 heteroatoms. The summed E-state index contributed by atoms with van der Waals surface area (Å²) in [4.78, 5) is 23.4. The number of nitrogens with one attached hydrogen (secondary N) is 2. The zero-order valence-electron chi connectivity index (χ0n) is 15.2. The van der Waals surface area contributed by atoms with Gasteiger partial charge in [-0.1, -0.05) is 23.8 Å². The van der Waals surface area contributed by atoms with E-state index < -0.39 is 16.1 Å². The molecule has 0 saturated heterocycles. The van der Waals surface area contributed by atoms with Crippen molar-refractivity contribution in [3.8, 4) is 0 Å². The highest BCUT2D eigenvalue weighted by molar-refractivity contribution is 7.89. The molecule has 142 valence electrons. The zero-order chi connectivity index (χ0) is 19.2. The molecule has 0 radical (unpaired) electrons. The summed E-state index contributed by atoms with van der Waals surface area (Å²) in [6.07, 6.45) is 7.63. The minimum atomic E-state index is -3.83. The molecule has 1 atom stereocenters. The Hall–Kier alpha value is -1.99. The molecular formula is C19H26N2O4S. The van der Waals surface area contributed by atoms with E-state index in [1.165, 1.54) is 56.5 Å². The van der Waals surface area contributed by atoms with Crippen LogP contribution in [0.1, 0.15) is 56.3 Å². The van der Waals surface area contributed by atoms with Crippen LogP contribution in [-0.4, -0.2) is 32.7 Å². The minimum Gasteiger partial charge on any atom is -0.354 e. The topological polar surface area (TPSA) is 92.3 Å². The lowest BCUT2D eigenvalue weighted by Gasteiger charge is -2.16. The summed E-state index contributed by atoms with van der Waals surface area (Å²) in [7, 11) is -3.83. The maximum absolute atomic E-state index is 12.4. The first kappa shape index (κ1) is 20.3. The molecule has 2 rings (SSSR count). The number of allylic oxidation sites excluding steroid dienone is 1. The predicted octanol–water partition coefficient (Wildman–Crippen LogP) is 2.56. The van der Waals surface area contributed by atoms with Crippen molar-refractivity contribution in [3.05, 3.63) is 41.5 Å². The SMILES string of the molecule is CC(=O)c1ccc(S(=O)(=O)NC(C)C(=O)NCCC2=CCCCC2)cc1. The van der Waals surface area contributed by atoms with Crippen LogP contribution < -0.4 is 10.0 Å². The van der Waals surface area contributed by atoms with Gasteiger partial charge in [0.1, 0.15) is 0 Å². The molecule has 0 fully saturated rings. The Morgan fingerprint density at radius 3 is 2.42 bits per heavy atom. The maximum Gasteiger partial charge on any atom is 0.241 e. The quantitative estimate of drug-likeness (QED) is 0.537. The van der Waals surface area contributed by atoms with Crippen molar-refractivity contribution in [2.45, 2.75) is 56.9 Å². The summed E-state index contributed by atoms with van der Waals surface area (Å²) in [5.74, 6) is -0.493. The average Bonchev–Trinajstić information content (AvgIpc) is 2.62. The molecule has 1 aromatic rings. The van der Waals surface area contributed by atoms with Gasteiger partial charge in [-0.15, -0.1) is 0 Å². The fraction of sp³-hybridized carbons (Fsp3) is 0.474. The number of carbonyl (C=O) groups excluding carboxylic acids is 2. The predicted molar refractivity (Wildman–Crippen MR) is 100 cm³/mol. The molecule has 0 bridgehead atoms. The number of benzene rings is 1. The van der Waals surface area contributed by atoms with Crippen LogP contribution in [-0.2, 0) is 14.8 Å². The number of amides is 1. The van der Waals surface area contributed by atoms with Gasteiger partial charge in [-0.25, -0.2) is 8.42 Å². The van der Waals surface area contributed by atoms with Crippen molar-refractivity contribution in [1.82, 2.24) is 10.0 Å². The van der Waals surface area contributed by atoms with E-state index in [0.717, 1.165) is 19.3 Å². The van der Waals surface area contributed by atoms with E-state index in [1.807, 2.05) is 0 Å². The van der Waals surface area contributed by atoms with Crippen LogP contribution in [0, 0.1) is 0 Å². The summed E-state index contributed by atoms with van der Waals surface area (Å²) in [5.41, 5.74) is 1.79. The van der Waals surface area contributed by atoms with E-state index in [2.05, 4.69) is 16.1 Å². The van der Waals surface area contributed by atoms with Crippen molar-refractivity contribution < 1.29 is 18.0 Å². The number of ketones is 1. The third kappa shape index (κ3) is 5.78. The van der Waals surface area contributed by atoms with Crippen LogP contribution >= 0.6 is 0 Å².